The minimum Gasteiger partial charge on any atom is -0.493 e. The van der Waals surface area contributed by atoms with E-state index in [0.717, 1.165) is 12.1 Å². The summed E-state index contributed by atoms with van der Waals surface area (Å²) in [5.74, 6) is -1.47. The van der Waals surface area contributed by atoms with E-state index in [1.807, 2.05) is 0 Å². The number of anilines is 2. The molecule has 2 heterocycles. The highest BCUT2D eigenvalue weighted by Crippen LogP contribution is 2.37. The number of carbonyl (C=O) groups is 1. The number of halogens is 4. The maximum absolute atomic E-state index is 14.8. The number of amides is 1. The standard InChI is InChI=1S/C23H20ClF3N4O3/c1-3-20(32)31-7-6-17(14(26)10-31)34-19-8-12-16(9-18(19)33-2)28-11-29-23(12)30-15-5-4-13(25)21(24)22(15)27/h3-5,8-9,11,14,17H,1,6-7,10H2,2H3,(H,28,29,30)/t14-,17-/m0/s1. The molecule has 34 heavy (non-hydrogen) atoms. The third-order valence-electron chi connectivity index (χ3n) is 5.46. The van der Waals surface area contributed by atoms with Crippen LogP contribution in [0, 0.1) is 11.6 Å². The molecule has 11 heteroatoms. The van der Waals surface area contributed by atoms with Gasteiger partial charge in [-0.15, -0.1) is 0 Å². The number of rotatable bonds is 6. The fourth-order valence-electron chi connectivity index (χ4n) is 3.67. The summed E-state index contributed by atoms with van der Waals surface area (Å²) in [6, 6.07) is 5.35. The molecule has 178 valence electrons. The van der Waals surface area contributed by atoms with E-state index in [1.165, 1.54) is 24.4 Å². The Morgan fingerprint density at radius 1 is 1.29 bits per heavy atom. The minimum atomic E-state index is -1.43. The topological polar surface area (TPSA) is 76.6 Å². The Kier molecular flexibility index (Phi) is 6.78. The quantitative estimate of drug-likeness (QED) is 0.393. The Morgan fingerprint density at radius 3 is 2.79 bits per heavy atom. The van der Waals surface area contributed by atoms with Crippen molar-refractivity contribution in [2.45, 2.75) is 18.7 Å². The monoisotopic (exact) mass is 492 g/mol. The summed E-state index contributed by atoms with van der Waals surface area (Å²) in [6.45, 7) is 3.62. The van der Waals surface area contributed by atoms with Crippen LogP contribution in [0.4, 0.5) is 24.7 Å². The fraction of sp³-hybridized carbons (Fsp3) is 0.261. The van der Waals surface area contributed by atoms with Crippen LogP contribution < -0.4 is 14.8 Å². The number of piperidine rings is 1. The fourth-order valence-corrected chi connectivity index (χ4v) is 3.84. The Balaban J connectivity index is 1.65. The zero-order chi connectivity index (χ0) is 24.4. The summed E-state index contributed by atoms with van der Waals surface area (Å²) < 4.78 is 54.0. The van der Waals surface area contributed by atoms with Crippen LogP contribution in [0.2, 0.25) is 5.02 Å². The zero-order valence-electron chi connectivity index (χ0n) is 18.0. The summed E-state index contributed by atoms with van der Waals surface area (Å²) in [5, 5.41) is 2.56. The highest BCUT2D eigenvalue weighted by Gasteiger charge is 2.33. The second-order valence-electron chi connectivity index (χ2n) is 7.54. The van der Waals surface area contributed by atoms with Crippen LogP contribution in [0.3, 0.4) is 0 Å². The Bertz CT molecular complexity index is 1260. The number of ether oxygens (including phenoxy) is 2. The van der Waals surface area contributed by atoms with Gasteiger partial charge in [0.25, 0.3) is 0 Å². The van der Waals surface area contributed by atoms with Crippen LogP contribution in [0.25, 0.3) is 10.9 Å². The van der Waals surface area contributed by atoms with E-state index in [4.69, 9.17) is 21.1 Å². The van der Waals surface area contributed by atoms with Gasteiger partial charge < -0.3 is 19.7 Å². The average Bonchev–Trinajstić information content (AvgIpc) is 2.84. The van der Waals surface area contributed by atoms with Crippen molar-refractivity contribution in [1.29, 1.82) is 0 Å². The SMILES string of the molecule is C=CC(=O)N1CC[C@H](Oc2cc3c(Nc4ccc(F)c(Cl)c4F)ncnc3cc2OC)[C@@H](F)C1. The van der Waals surface area contributed by atoms with E-state index in [2.05, 4.69) is 21.9 Å². The van der Waals surface area contributed by atoms with E-state index < -0.39 is 28.9 Å². The van der Waals surface area contributed by atoms with Crippen molar-refractivity contribution in [1.82, 2.24) is 14.9 Å². The van der Waals surface area contributed by atoms with Gasteiger partial charge in [0, 0.05) is 24.4 Å². The number of hydrogen-bond acceptors (Lipinski definition) is 6. The number of carbonyl (C=O) groups excluding carboxylic acids is 1. The van der Waals surface area contributed by atoms with Gasteiger partial charge in [0.05, 0.1) is 24.9 Å². The third-order valence-corrected chi connectivity index (χ3v) is 5.80. The summed E-state index contributed by atoms with van der Waals surface area (Å²) in [7, 11) is 1.43. The first kappa shape index (κ1) is 23.6. The molecule has 3 aromatic rings. The maximum Gasteiger partial charge on any atom is 0.246 e. The largest absolute Gasteiger partial charge is 0.493 e. The van der Waals surface area contributed by atoms with Crippen molar-refractivity contribution in [3.8, 4) is 11.5 Å². The number of aromatic nitrogens is 2. The predicted octanol–water partition coefficient (Wildman–Crippen LogP) is 4.82. The van der Waals surface area contributed by atoms with Crippen LogP contribution in [0.15, 0.2) is 43.2 Å². The van der Waals surface area contributed by atoms with Crippen LogP contribution in [-0.4, -0.2) is 53.2 Å². The zero-order valence-corrected chi connectivity index (χ0v) is 18.8. The molecule has 0 spiro atoms. The Labute approximate surface area is 198 Å². The van der Waals surface area contributed by atoms with Gasteiger partial charge in [-0.3, -0.25) is 4.79 Å². The molecule has 1 saturated heterocycles. The first-order valence-electron chi connectivity index (χ1n) is 10.3. The highest BCUT2D eigenvalue weighted by atomic mass is 35.5. The second-order valence-corrected chi connectivity index (χ2v) is 7.92. The number of methoxy groups -OCH3 is 1. The first-order chi connectivity index (χ1) is 16.3. The molecular weight excluding hydrogens is 473 g/mol. The first-order valence-corrected chi connectivity index (χ1v) is 10.7. The summed E-state index contributed by atoms with van der Waals surface area (Å²) >= 11 is 5.67. The van der Waals surface area contributed by atoms with Crippen molar-refractivity contribution in [2.75, 3.05) is 25.5 Å². The van der Waals surface area contributed by atoms with Gasteiger partial charge in [-0.1, -0.05) is 18.2 Å². The van der Waals surface area contributed by atoms with Crippen LogP contribution >= 0.6 is 11.6 Å². The van der Waals surface area contributed by atoms with Crippen molar-refractivity contribution in [3.63, 3.8) is 0 Å². The van der Waals surface area contributed by atoms with Crippen LogP contribution in [-0.2, 0) is 4.79 Å². The predicted molar refractivity (Wildman–Crippen MR) is 121 cm³/mol. The average molecular weight is 493 g/mol. The van der Waals surface area contributed by atoms with Gasteiger partial charge in [0.1, 0.15) is 29.1 Å². The lowest BCUT2D eigenvalue weighted by atomic mass is 10.1. The van der Waals surface area contributed by atoms with Crippen molar-refractivity contribution < 1.29 is 27.4 Å². The smallest absolute Gasteiger partial charge is 0.246 e. The molecule has 1 aliphatic heterocycles. The Hall–Kier alpha value is -3.53. The van der Waals surface area contributed by atoms with Gasteiger partial charge in [0.15, 0.2) is 23.5 Å². The normalized spacial score (nSPS) is 18.0. The molecule has 2 aromatic carbocycles. The lowest BCUT2D eigenvalue weighted by Gasteiger charge is -2.34. The van der Waals surface area contributed by atoms with Gasteiger partial charge in [-0.2, -0.15) is 0 Å². The number of likely N-dealkylation sites (tertiary alicyclic amines) is 1. The molecule has 1 N–H and O–H groups in total. The highest BCUT2D eigenvalue weighted by molar-refractivity contribution is 6.31. The Morgan fingerprint density at radius 2 is 2.09 bits per heavy atom. The lowest BCUT2D eigenvalue weighted by molar-refractivity contribution is -0.129. The lowest BCUT2D eigenvalue weighted by Crippen LogP contribution is -2.48. The van der Waals surface area contributed by atoms with Crippen LogP contribution in [0.1, 0.15) is 6.42 Å². The third kappa shape index (κ3) is 4.58. The van der Waals surface area contributed by atoms with E-state index >= 15 is 0 Å². The van der Waals surface area contributed by atoms with E-state index in [1.54, 1.807) is 12.1 Å². The van der Waals surface area contributed by atoms with Crippen molar-refractivity contribution in [2.24, 2.45) is 0 Å². The number of hydrogen-bond donors (Lipinski definition) is 1. The second kappa shape index (κ2) is 9.76. The molecule has 1 amide bonds. The number of nitrogens with zero attached hydrogens (tertiary/aromatic N) is 3. The molecule has 1 aliphatic rings. The van der Waals surface area contributed by atoms with Gasteiger partial charge >= 0.3 is 0 Å². The number of alkyl halides is 1. The van der Waals surface area contributed by atoms with Gasteiger partial charge in [0.2, 0.25) is 5.91 Å². The van der Waals surface area contributed by atoms with E-state index in [0.29, 0.717) is 23.2 Å². The molecule has 1 fully saturated rings. The number of benzene rings is 2. The van der Waals surface area contributed by atoms with Crippen LogP contribution in [0.5, 0.6) is 11.5 Å². The molecule has 0 radical (unpaired) electrons. The number of fused-ring (bicyclic) bond motifs is 1. The van der Waals surface area contributed by atoms with Crippen molar-refractivity contribution in [3.05, 3.63) is 59.9 Å². The molecule has 7 nitrogen and oxygen atoms in total. The van der Waals surface area contributed by atoms with Gasteiger partial charge in [-0.05, 0) is 24.3 Å². The summed E-state index contributed by atoms with van der Waals surface area (Å²) in [6.07, 6.45) is 0.411. The number of nitrogens with one attached hydrogen (secondary N) is 1. The summed E-state index contributed by atoms with van der Waals surface area (Å²) in [4.78, 5) is 21.5. The van der Waals surface area contributed by atoms with E-state index in [-0.39, 0.29) is 36.1 Å². The minimum absolute atomic E-state index is 0.0900. The molecule has 2 atom stereocenters. The molecule has 1 aromatic heterocycles. The molecule has 0 saturated carbocycles. The molecule has 4 rings (SSSR count). The van der Waals surface area contributed by atoms with Crippen molar-refractivity contribution >= 4 is 39.9 Å². The molecule has 0 aliphatic carbocycles. The van der Waals surface area contributed by atoms with Gasteiger partial charge in [-0.25, -0.2) is 23.1 Å². The maximum atomic E-state index is 14.8. The molecule has 0 bridgehead atoms. The van der Waals surface area contributed by atoms with E-state index in [9.17, 15) is 18.0 Å². The molecular formula is C23H20ClF3N4O3. The summed E-state index contributed by atoms with van der Waals surface area (Å²) in [5.41, 5.74) is 0.353. The molecule has 0 unspecified atom stereocenters.